The SMILES string of the molecule is CC(=O)NC(C)(C)c1nocc1C(=O)O. The molecule has 0 unspecified atom stereocenters. The molecule has 0 aliphatic carbocycles. The van der Waals surface area contributed by atoms with Crippen molar-refractivity contribution in [3.63, 3.8) is 0 Å². The molecule has 0 fully saturated rings. The second-order valence-corrected chi connectivity index (χ2v) is 3.69. The third-order valence-corrected chi connectivity index (χ3v) is 1.88. The number of aromatic nitrogens is 1. The normalized spacial score (nSPS) is 11.1. The van der Waals surface area contributed by atoms with Gasteiger partial charge in [0.15, 0.2) is 0 Å². The number of amides is 1. The number of carboxylic acids is 1. The second-order valence-electron chi connectivity index (χ2n) is 3.69. The third-order valence-electron chi connectivity index (χ3n) is 1.88. The average molecular weight is 212 g/mol. The minimum atomic E-state index is -1.13. The van der Waals surface area contributed by atoms with Gasteiger partial charge in [-0.15, -0.1) is 0 Å². The predicted molar refractivity (Wildman–Crippen MR) is 50.3 cm³/mol. The van der Waals surface area contributed by atoms with Gasteiger partial charge in [0.2, 0.25) is 5.91 Å². The molecule has 1 aromatic heterocycles. The van der Waals surface area contributed by atoms with E-state index in [0.717, 1.165) is 6.26 Å². The van der Waals surface area contributed by atoms with E-state index in [2.05, 4.69) is 15.0 Å². The molecule has 0 bridgehead atoms. The molecule has 1 aromatic rings. The first-order valence-corrected chi connectivity index (χ1v) is 4.31. The van der Waals surface area contributed by atoms with E-state index in [9.17, 15) is 9.59 Å². The van der Waals surface area contributed by atoms with E-state index in [-0.39, 0.29) is 17.2 Å². The standard InChI is InChI=1S/C9H12N2O4/c1-5(12)10-9(2,3)7-6(8(13)14)4-15-11-7/h4H,1-3H3,(H,10,12)(H,13,14). The molecule has 1 rings (SSSR count). The zero-order valence-electron chi connectivity index (χ0n) is 8.70. The van der Waals surface area contributed by atoms with Crippen LogP contribution in [0.1, 0.15) is 36.8 Å². The molecule has 1 heterocycles. The summed E-state index contributed by atoms with van der Waals surface area (Å²) in [5, 5.41) is 15.0. The highest BCUT2D eigenvalue weighted by Gasteiger charge is 2.30. The second kappa shape index (κ2) is 3.72. The molecule has 15 heavy (non-hydrogen) atoms. The van der Waals surface area contributed by atoms with Gasteiger partial charge in [0.25, 0.3) is 0 Å². The molecule has 2 N–H and O–H groups in total. The Kier molecular flexibility index (Phi) is 2.78. The summed E-state index contributed by atoms with van der Waals surface area (Å²) in [6.07, 6.45) is 1.04. The van der Waals surface area contributed by atoms with Crippen LogP contribution in [0.5, 0.6) is 0 Å². The van der Waals surface area contributed by atoms with Crippen molar-refractivity contribution in [2.45, 2.75) is 26.3 Å². The highest BCUT2D eigenvalue weighted by Crippen LogP contribution is 2.22. The number of carbonyl (C=O) groups is 2. The summed E-state index contributed by atoms with van der Waals surface area (Å²) in [6.45, 7) is 4.65. The van der Waals surface area contributed by atoms with E-state index in [4.69, 9.17) is 5.11 Å². The largest absolute Gasteiger partial charge is 0.478 e. The molecule has 0 spiro atoms. The van der Waals surface area contributed by atoms with Gasteiger partial charge in [-0.25, -0.2) is 4.79 Å². The summed E-state index contributed by atoms with van der Waals surface area (Å²) in [4.78, 5) is 21.7. The topological polar surface area (TPSA) is 92.4 Å². The first-order valence-electron chi connectivity index (χ1n) is 4.31. The van der Waals surface area contributed by atoms with Crippen LogP contribution in [0.4, 0.5) is 0 Å². The average Bonchev–Trinajstić information content (AvgIpc) is 2.48. The molecular formula is C9H12N2O4. The Balaban J connectivity index is 3.09. The summed E-state index contributed by atoms with van der Waals surface area (Å²) in [6, 6.07) is 0. The van der Waals surface area contributed by atoms with E-state index >= 15 is 0 Å². The van der Waals surface area contributed by atoms with E-state index in [1.54, 1.807) is 13.8 Å². The lowest BCUT2D eigenvalue weighted by Crippen LogP contribution is -2.40. The third kappa shape index (κ3) is 2.34. The van der Waals surface area contributed by atoms with Crippen LogP contribution in [-0.4, -0.2) is 22.1 Å². The molecule has 0 radical (unpaired) electrons. The summed E-state index contributed by atoms with van der Waals surface area (Å²) in [5.74, 6) is -1.40. The van der Waals surface area contributed by atoms with Crippen molar-refractivity contribution >= 4 is 11.9 Å². The van der Waals surface area contributed by atoms with Crippen LogP contribution in [0.3, 0.4) is 0 Å². The Morgan fingerprint density at radius 3 is 2.60 bits per heavy atom. The summed E-state index contributed by atoms with van der Waals surface area (Å²) in [5.41, 5.74) is -0.717. The van der Waals surface area contributed by atoms with Gasteiger partial charge in [-0.1, -0.05) is 5.16 Å². The predicted octanol–water partition coefficient (Wildman–Crippen LogP) is 0.744. The molecule has 1 amide bonds. The lowest BCUT2D eigenvalue weighted by Gasteiger charge is -2.23. The zero-order chi connectivity index (χ0) is 11.6. The number of carboxylic acid groups (broad SMARTS) is 1. The fourth-order valence-corrected chi connectivity index (χ4v) is 1.34. The van der Waals surface area contributed by atoms with Crippen molar-refractivity contribution in [1.82, 2.24) is 10.5 Å². The Labute approximate surface area is 86.3 Å². The van der Waals surface area contributed by atoms with Crippen LogP contribution >= 0.6 is 0 Å². The fraction of sp³-hybridized carbons (Fsp3) is 0.444. The quantitative estimate of drug-likeness (QED) is 0.771. The van der Waals surface area contributed by atoms with Crippen molar-refractivity contribution in [3.8, 4) is 0 Å². The Bertz CT molecular complexity index is 395. The van der Waals surface area contributed by atoms with Crippen molar-refractivity contribution < 1.29 is 19.2 Å². The minimum Gasteiger partial charge on any atom is -0.478 e. The van der Waals surface area contributed by atoms with E-state index in [0.29, 0.717) is 0 Å². The van der Waals surface area contributed by atoms with Gasteiger partial charge in [-0.2, -0.15) is 0 Å². The lowest BCUT2D eigenvalue weighted by atomic mass is 9.97. The molecule has 0 atom stereocenters. The molecule has 0 aliphatic heterocycles. The van der Waals surface area contributed by atoms with Crippen molar-refractivity contribution in [2.24, 2.45) is 0 Å². The Morgan fingerprint density at radius 1 is 1.53 bits per heavy atom. The van der Waals surface area contributed by atoms with Crippen LogP contribution in [0.2, 0.25) is 0 Å². The molecule has 0 aliphatic rings. The number of carbonyl (C=O) groups excluding carboxylic acids is 1. The van der Waals surface area contributed by atoms with Crippen molar-refractivity contribution in [3.05, 3.63) is 17.5 Å². The van der Waals surface area contributed by atoms with Gasteiger partial charge < -0.3 is 14.9 Å². The molecular weight excluding hydrogens is 200 g/mol. The van der Waals surface area contributed by atoms with Gasteiger partial charge in [0, 0.05) is 6.92 Å². The molecule has 0 saturated heterocycles. The maximum atomic E-state index is 10.9. The number of aromatic carboxylic acids is 1. The smallest absolute Gasteiger partial charge is 0.341 e. The van der Waals surface area contributed by atoms with Crippen molar-refractivity contribution in [2.75, 3.05) is 0 Å². The number of rotatable bonds is 3. The molecule has 82 valence electrons. The summed E-state index contributed by atoms with van der Waals surface area (Å²) < 4.78 is 4.59. The van der Waals surface area contributed by atoms with Crippen LogP contribution in [0.25, 0.3) is 0 Å². The number of nitrogens with zero attached hydrogens (tertiary/aromatic N) is 1. The van der Waals surface area contributed by atoms with Crippen LogP contribution < -0.4 is 5.32 Å². The summed E-state index contributed by atoms with van der Waals surface area (Å²) >= 11 is 0. The summed E-state index contributed by atoms with van der Waals surface area (Å²) in [7, 11) is 0. The number of nitrogens with one attached hydrogen (secondary N) is 1. The van der Waals surface area contributed by atoms with Crippen LogP contribution in [-0.2, 0) is 10.3 Å². The van der Waals surface area contributed by atoms with Crippen LogP contribution in [0.15, 0.2) is 10.8 Å². The van der Waals surface area contributed by atoms with E-state index < -0.39 is 11.5 Å². The first-order chi connectivity index (χ1) is 6.84. The van der Waals surface area contributed by atoms with Gasteiger partial charge >= 0.3 is 5.97 Å². The highest BCUT2D eigenvalue weighted by atomic mass is 16.5. The molecule has 0 saturated carbocycles. The van der Waals surface area contributed by atoms with Gasteiger partial charge in [-0.3, -0.25) is 4.79 Å². The minimum absolute atomic E-state index is 0.0475. The van der Waals surface area contributed by atoms with Gasteiger partial charge in [0.1, 0.15) is 17.5 Å². The zero-order valence-corrected chi connectivity index (χ0v) is 8.70. The maximum Gasteiger partial charge on any atom is 0.341 e. The lowest BCUT2D eigenvalue weighted by molar-refractivity contribution is -0.120. The fourth-order valence-electron chi connectivity index (χ4n) is 1.34. The van der Waals surface area contributed by atoms with Crippen molar-refractivity contribution in [1.29, 1.82) is 0 Å². The van der Waals surface area contributed by atoms with E-state index in [1.165, 1.54) is 6.92 Å². The molecule has 6 heteroatoms. The van der Waals surface area contributed by atoms with Gasteiger partial charge in [-0.05, 0) is 13.8 Å². The Hall–Kier alpha value is -1.85. The molecule has 6 nitrogen and oxygen atoms in total. The monoisotopic (exact) mass is 212 g/mol. The van der Waals surface area contributed by atoms with Crippen LogP contribution in [0, 0.1) is 0 Å². The Morgan fingerprint density at radius 2 is 2.13 bits per heavy atom. The maximum absolute atomic E-state index is 10.9. The van der Waals surface area contributed by atoms with Gasteiger partial charge in [0.05, 0.1) is 5.54 Å². The van der Waals surface area contributed by atoms with E-state index in [1.807, 2.05) is 0 Å². The highest BCUT2D eigenvalue weighted by molar-refractivity contribution is 5.89. The number of hydrogen-bond acceptors (Lipinski definition) is 4. The number of hydrogen-bond donors (Lipinski definition) is 2. The first kappa shape index (κ1) is 11.2. The molecule has 0 aromatic carbocycles.